The Hall–Kier alpha value is -2.17. The van der Waals surface area contributed by atoms with Crippen molar-refractivity contribution in [3.63, 3.8) is 0 Å². The largest absolute Gasteiger partial charge is 0.474 e. The van der Waals surface area contributed by atoms with Crippen molar-refractivity contribution in [1.29, 1.82) is 0 Å². The molecule has 28 heavy (non-hydrogen) atoms. The molecule has 1 aromatic rings. The smallest absolute Gasteiger partial charge is 0.220 e. The van der Waals surface area contributed by atoms with E-state index in [0.717, 1.165) is 41.8 Å². The van der Waals surface area contributed by atoms with Crippen LogP contribution in [0.1, 0.15) is 25.3 Å². The Balaban J connectivity index is 1.52. The van der Waals surface area contributed by atoms with Gasteiger partial charge in [0.25, 0.3) is 0 Å². The molecule has 1 fully saturated rings. The summed E-state index contributed by atoms with van der Waals surface area (Å²) in [5.41, 5.74) is 5.11. The quantitative estimate of drug-likeness (QED) is 0.719. The average molecular weight is 396 g/mol. The molecule has 2 aliphatic heterocycles. The van der Waals surface area contributed by atoms with Crippen LogP contribution in [0, 0.1) is 5.92 Å². The molecule has 0 amide bonds. The maximum Gasteiger partial charge on any atom is 0.220 e. The van der Waals surface area contributed by atoms with Crippen molar-refractivity contribution in [2.45, 2.75) is 38.3 Å². The number of para-hydroxylation sites is 1. The number of fused-ring (bicyclic) bond motifs is 1. The molecule has 1 saturated carbocycles. The van der Waals surface area contributed by atoms with Gasteiger partial charge in [-0.1, -0.05) is 36.4 Å². The highest BCUT2D eigenvalue weighted by atomic mass is 35.5. The number of hydrogen-bond acceptors (Lipinski definition) is 4. The minimum atomic E-state index is 0.117. The van der Waals surface area contributed by atoms with Crippen molar-refractivity contribution >= 4 is 28.9 Å². The Morgan fingerprint density at radius 2 is 1.96 bits per heavy atom. The third-order valence-corrected chi connectivity index (χ3v) is 6.16. The average Bonchev–Trinajstić information content (AvgIpc) is 2.76. The molecule has 1 aliphatic carbocycles. The molecule has 0 aromatic heterocycles. The van der Waals surface area contributed by atoms with Gasteiger partial charge in [-0.05, 0) is 50.7 Å². The van der Waals surface area contributed by atoms with Gasteiger partial charge in [-0.15, -0.1) is 0 Å². The summed E-state index contributed by atoms with van der Waals surface area (Å²) in [7, 11) is 4.21. The Kier molecular flexibility index (Phi) is 5.26. The molecule has 0 saturated heterocycles. The van der Waals surface area contributed by atoms with Crippen LogP contribution < -0.4 is 0 Å². The highest BCUT2D eigenvalue weighted by molar-refractivity contribution is 6.32. The number of hydrogen-bond donors (Lipinski definition) is 0. The fraction of sp³-hybridized carbons (Fsp3) is 0.391. The molecule has 1 unspecified atom stereocenters. The van der Waals surface area contributed by atoms with Crippen molar-refractivity contribution in [2.75, 3.05) is 14.1 Å². The van der Waals surface area contributed by atoms with E-state index < -0.39 is 0 Å². The van der Waals surface area contributed by atoms with Crippen LogP contribution in [-0.2, 0) is 11.2 Å². The zero-order valence-corrected chi connectivity index (χ0v) is 17.4. The van der Waals surface area contributed by atoms with Crippen molar-refractivity contribution in [1.82, 2.24) is 4.90 Å². The van der Waals surface area contributed by atoms with Crippen LogP contribution in [0.25, 0.3) is 0 Å². The molecule has 0 N–H and O–H groups in total. The van der Waals surface area contributed by atoms with E-state index in [1.54, 1.807) is 6.20 Å². The predicted octanol–water partition coefficient (Wildman–Crippen LogP) is 5.04. The fourth-order valence-electron chi connectivity index (χ4n) is 3.94. The molecule has 1 aromatic carbocycles. The number of benzene rings is 1. The van der Waals surface area contributed by atoms with Crippen LogP contribution in [0.4, 0.5) is 5.69 Å². The topological polar surface area (TPSA) is 37.2 Å². The van der Waals surface area contributed by atoms with Gasteiger partial charge in [-0.25, -0.2) is 4.99 Å². The molecule has 1 atom stereocenters. The second kappa shape index (κ2) is 7.69. The number of halogens is 1. The van der Waals surface area contributed by atoms with E-state index in [0.29, 0.717) is 17.0 Å². The van der Waals surface area contributed by atoms with Crippen LogP contribution in [0.2, 0.25) is 0 Å². The lowest BCUT2D eigenvalue weighted by molar-refractivity contribution is 0.0322. The first-order chi connectivity index (χ1) is 13.4. The summed E-state index contributed by atoms with van der Waals surface area (Å²) >= 11 is 6.62. The molecule has 146 valence electrons. The summed E-state index contributed by atoms with van der Waals surface area (Å²) in [5.74, 6) is 0.688. The van der Waals surface area contributed by atoms with Gasteiger partial charge in [0, 0.05) is 42.3 Å². The minimum absolute atomic E-state index is 0.117. The third-order valence-electron chi connectivity index (χ3n) is 5.85. The van der Waals surface area contributed by atoms with E-state index in [1.165, 1.54) is 5.56 Å². The molecule has 0 bridgehead atoms. The van der Waals surface area contributed by atoms with Crippen LogP contribution in [-0.4, -0.2) is 42.8 Å². The van der Waals surface area contributed by atoms with Gasteiger partial charge in [-0.2, -0.15) is 0 Å². The van der Waals surface area contributed by atoms with E-state index >= 15 is 0 Å². The summed E-state index contributed by atoms with van der Waals surface area (Å²) in [6, 6.07) is 8.84. The lowest BCUT2D eigenvalue weighted by atomic mass is 9.84. The first-order valence-electron chi connectivity index (χ1n) is 9.73. The Morgan fingerprint density at radius 1 is 1.21 bits per heavy atom. The summed E-state index contributed by atoms with van der Waals surface area (Å²) in [5, 5.41) is 0.624. The van der Waals surface area contributed by atoms with Crippen LogP contribution in [0.15, 0.2) is 69.3 Å². The van der Waals surface area contributed by atoms with Crippen molar-refractivity contribution < 1.29 is 4.74 Å². The fourth-order valence-corrected chi connectivity index (χ4v) is 4.18. The molecular weight excluding hydrogens is 370 g/mol. The zero-order valence-electron chi connectivity index (χ0n) is 16.7. The Bertz CT molecular complexity index is 920. The molecular formula is C23H26ClN3O. The van der Waals surface area contributed by atoms with Gasteiger partial charge in [0.05, 0.1) is 10.7 Å². The maximum absolute atomic E-state index is 6.62. The molecule has 5 heteroatoms. The highest BCUT2D eigenvalue weighted by Crippen LogP contribution is 2.37. The van der Waals surface area contributed by atoms with Gasteiger partial charge in [-0.3, -0.25) is 4.99 Å². The van der Waals surface area contributed by atoms with Gasteiger partial charge in [0.15, 0.2) is 0 Å². The normalized spacial score (nSPS) is 27.0. The van der Waals surface area contributed by atoms with Crippen molar-refractivity contribution in [2.24, 2.45) is 15.9 Å². The maximum atomic E-state index is 6.62. The van der Waals surface area contributed by atoms with Crippen molar-refractivity contribution in [3.8, 4) is 0 Å². The third kappa shape index (κ3) is 3.71. The minimum Gasteiger partial charge on any atom is -0.474 e. The molecule has 3 aliphatic rings. The number of aliphatic imine (C=N–C) groups is 2. The van der Waals surface area contributed by atoms with Crippen molar-refractivity contribution in [3.05, 3.63) is 64.9 Å². The van der Waals surface area contributed by atoms with E-state index in [-0.39, 0.29) is 12.0 Å². The van der Waals surface area contributed by atoms with E-state index in [1.807, 2.05) is 12.1 Å². The summed E-state index contributed by atoms with van der Waals surface area (Å²) < 4.78 is 6.11. The Morgan fingerprint density at radius 3 is 2.71 bits per heavy atom. The second-order valence-corrected chi connectivity index (χ2v) is 8.41. The van der Waals surface area contributed by atoms with E-state index in [9.17, 15) is 0 Å². The molecule has 2 heterocycles. The lowest BCUT2D eigenvalue weighted by Gasteiger charge is -2.39. The lowest BCUT2D eigenvalue weighted by Crippen LogP contribution is -2.45. The van der Waals surface area contributed by atoms with Crippen LogP contribution >= 0.6 is 11.6 Å². The highest BCUT2D eigenvalue weighted by Gasteiger charge is 2.34. The van der Waals surface area contributed by atoms with Gasteiger partial charge in [0.1, 0.15) is 6.10 Å². The van der Waals surface area contributed by atoms with Crippen LogP contribution in [0.3, 0.4) is 0 Å². The summed E-state index contributed by atoms with van der Waals surface area (Å²) in [6.45, 7) is 6.26. The monoisotopic (exact) mass is 395 g/mol. The first kappa shape index (κ1) is 19.2. The number of rotatable bonds is 3. The van der Waals surface area contributed by atoms with Crippen LogP contribution in [0.5, 0.6) is 0 Å². The van der Waals surface area contributed by atoms with E-state index in [4.69, 9.17) is 21.3 Å². The van der Waals surface area contributed by atoms with E-state index in [2.05, 4.69) is 55.7 Å². The Labute approximate surface area is 172 Å². The predicted molar refractivity (Wildman–Crippen MR) is 117 cm³/mol. The number of allylic oxidation sites excluding steroid dienone is 2. The summed E-state index contributed by atoms with van der Waals surface area (Å²) in [4.78, 5) is 11.5. The standard InChI is InChI=1S/C23H26ClN3O/c1-14-9-20(19-10-16-7-5-6-8-22(16)26-15(19)2)21(24)13-25-23(14)28-18-11-17(12-18)27(3)4/h5-9,13,17-19H,1,10-12H2,2-4H3. The zero-order chi connectivity index (χ0) is 19.8. The van der Waals surface area contributed by atoms with Gasteiger partial charge >= 0.3 is 0 Å². The molecule has 0 spiro atoms. The summed E-state index contributed by atoms with van der Waals surface area (Å²) in [6.07, 6.45) is 6.80. The first-order valence-corrected chi connectivity index (χ1v) is 10.1. The van der Waals surface area contributed by atoms with Gasteiger partial charge < -0.3 is 9.64 Å². The second-order valence-electron chi connectivity index (χ2n) is 8.00. The number of nitrogens with zero attached hydrogens (tertiary/aromatic N) is 3. The SMILES string of the molecule is C=C1C=C(C2Cc3ccccc3N=C2C)C(Cl)=CN=C1OC1CC(N(C)C)C1. The molecule has 4 nitrogen and oxygen atoms in total. The van der Waals surface area contributed by atoms with Gasteiger partial charge in [0.2, 0.25) is 5.90 Å². The molecule has 0 radical (unpaired) electrons. The molecule has 4 rings (SSSR count). The number of ether oxygens (including phenoxy) is 1.